The number of amides is 1. The molecule has 3 aromatic rings. The number of aromatic amines is 1. The smallest absolute Gasteiger partial charge is 0.271 e. The highest BCUT2D eigenvalue weighted by atomic mass is 19.1. The molecular weight excluding hydrogens is 339 g/mol. The van der Waals surface area contributed by atoms with Gasteiger partial charge in [-0.15, -0.1) is 0 Å². The highest BCUT2D eigenvalue weighted by Gasteiger charge is 2.29. The molecule has 1 atom stereocenters. The zero-order valence-corrected chi connectivity index (χ0v) is 15.9. The van der Waals surface area contributed by atoms with Crippen molar-refractivity contribution in [3.8, 4) is 0 Å². The fourth-order valence-corrected chi connectivity index (χ4v) is 4.21. The molecule has 4 rings (SSSR count). The van der Waals surface area contributed by atoms with Crippen molar-refractivity contribution in [2.24, 2.45) is 0 Å². The van der Waals surface area contributed by atoms with E-state index in [0.29, 0.717) is 12.2 Å². The molecule has 140 valence electrons. The minimum atomic E-state index is -0.249. The Bertz CT molecular complexity index is 991. The van der Waals surface area contributed by atoms with E-state index in [1.807, 2.05) is 30.0 Å². The van der Waals surface area contributed by atoms with E-state index in [2.05, 4.69) is 18.0 Å². The number of carbonyl (C=O) groups excluding carboxylic acids is 1. The number of aromatic nitrogens is 1. The van der Waals surface area contributed by atoms with Gasteiger partial charge in [-0.05, 0) is 62.1 Å². The quantitative estimate of drug-likeness (QED) is 0.624. The monoisotopic (exact) mass is 364 g/mol. The standard InChI is InChI=1S/C23H25FN2O/c1-15-10-11-20-19(13-15)16(2)22(25-20)23(27)26-12-5-3-4-9-21(26)17-7-6-8-18(24)14-17/h6-8,10-11,13-14,21,25H,3-5,9,12H2,1-2H3/t21-/m1/s1. The third-order valence-corrected chi connectivity index (χ3v) is 5.67. The zero-order chi connectivity index (χ0) is 19.0. The summed E-state index contributed by atoms with van der Waals surface area (Å²) >= 11 is 0. The van der Waals surface area contributed by atoms with Gasteiger partial charge in [0.2, 0.25) is 0 Å². The third kappa shape index (κ3) is 3.36. The molecule has 1 aliphatic rings. The minimum absolute atomic E-state index is 0.0116. The van der Waals surface area contributed by atoms with E-state index in [0.717, 1.165) is 47.7 Å². The number of hydrogen-bond acceptors (Lipinski definition) is 1. The molecule has 1 amide bonds. The molecule has 2 aromatic carbocycles. The average Bonchev–Trinajstić information content (AvgIpc) is 2.84. The summed E-state index contributed by atoms with van der Waals surface area (Å²) in [5, 5.41) is 1.09. The van der Waals surface area contributed by atoms with Crippen LogP contribution in [0.25, 0.3) is 10.9 Å². The second-order valence-electron chi connectivity index (χ2n) is 7.59. The minimum Gasteiger partial charge on any atom is -0.350 e. The van der Waals surface area contributed by atoms with Gasteiger partial charge in [-0.1, -0.05) is 36.6 Å². The first-order chi connectivity index (χ1) is 13.0. The van der Waals surface area contributed by atoms with Crippen LogP contribution in [0.1, 0.15) is 58.9 Å². The van der Waals surface area contributed by atoms with Crippen molar-refractivity contribution in [3.63, 3.8) is 0 Å². The van der Waals surface area contributed by atoms with Gasteiger partial charge in [0.05, 0.1) is 6.04 Å². The van der Waals surface area contributed by atoms with Crippen LogP contribution in [0.2, 0.25) is 0 Å². The van der Waals surface area contributed by atoms with Crippen LogP contribution in [-0.2, 0) is 0 Å². The van der Waals surface area contributed by atoms with E-state index in [1.54, 1.807) is 12.1 Å². The van der Waals surface area contributed by atoms with E-state index in [-0.39, 0.29) is 17.8 Å². The second-order valence-corrected chi connectivity index (χ2v) is 7.59. The lowest BCUT2D eigenvalue weighted by atomic mass is 10.00. The molecule has 1 N–H and O–H groups in total. The van der Waals surface area contributed by atoms with Crippen LogP contribution in [-0.4, -0.2) is 22.3 Å². The van der Waals surface area contributed by atoms with E-state index in [9.17, 15) is 9.18 Å². The molecule has 1 aromatic heterocycles. The molecule has 1 aliphatic heterocycles. The number of nitrogens with one attached hydrogen (secondary N) is 1. The number of hydrogen-bond donors (Lipinski definition) is 1. The van der Waals surface area contributed by atoms with Crippen molar-refractivity contribution in [2.45, 2.75) is 45.6 Å². The third-order valence-electron chi connectivity index (χ3n) is 5.67. The molecule has 0 saturated carbocycles. The average molecular weight is 364 g/mol. The molecule has 2 heterocycles. The molecule has 1 fully saturated rings. The molecule has 0 bridgehead atoms. The molecule has 0 unspecified atom stereocenters. The number of likely N-dealkylation sites (tertiary alicyclic amines) is 1. The highest BCUT2D eigenvalue weighted by molar-refractivity contribution is 6.01. The maximum absolute atomic E-state index is 13.8. The van der Waals surface area contributed by atoms with Crippen LogP contribution in [0.5, 0.6) is 0 Å². The maximum Gasteiger partial charge on any atom is 0.271 e. The Labute approximate surface area is 159 Å². The molecule has 3 nitrogen and oxygen atoms in total. The van der Waals surface area contributed by atoms with Gasteiger partial charge in [0.15, 0.2) is 0 Å². The van der Waals surface area contributed by atoms with E-state index in [1.165, 1.54) is 11.6 Å². The van der Waals surface area contributed by atoms with Gasteiger partial charge in [-0.2, -0.15) is 0 Å². The number of rotatable bonds is 2. The first-order valence-electron chi connectivity index (χ1n) is 9.70. The summed E-state index contributed by atoms with van der Waals surface area (Å²) in [7, 11) is 0. The molecular formula is C23H25FN2O. The molecule has 0 spiro atoms. The van der Waals surface area contributed by atoms with Gasteiger partial charge in [0, 0.05) is 17.4 Å². The number of fused-ring (bicyclic) bond motifs is 1. The lowest BCUT2D eigenvalue weighted by Crippen LogP contribution is -2.35. The van der Waals surface area contributed by atoms with E-state index in [4.69, 9.17) is 0 Å². The topological polar surface area (TPSA) is 36.1 Å². The van der Waals surface area contributed by atoms with Crippen molar-refractivity contribution >= 4 is 16.8 Å². The fraction of sp³-hybridized carbons (Fsp3) is 0.348. The van der Waals surface area contributed by atoms with Crippen LogP contribution >= 0.6 is 0 Å². The SMILES string of the molecule is Cc1ccc2[nH]c(C(=O)N3CCCCC[C@@H]3c3cccc(F)c3)c(C)c2c1. The van der Waals surface area contributed by atoms with Gasteiger partial charge < -0.3 is 9.88 Å². The van der Waals surface area contributed by atoms with Gasteiger partial charge >= 0.3 is 0 Å². The van der Waals surface area contributed by atoms with E-state index >= 15 is 0 Å². The molecule has 4 heteroatoms. The molecule has 0 radical (unpaired) electrons. The van der Waals surface area contributed by atoms with Gasteiger partial charge in [0.1, 0.15) is 11.5 Å². The first-order valence-corrected chi connectivity index (χ1v) is 9.70. The zero-order valence-electron chi connectivity index (χ0n) is 15.9. The normalized spacial score (nSPS) is 17.9. The number of halogens is 1. The number of H-pyrrole nitrogens is 1. The lowest BCUT2D eigenvalue weighted by molar-refractivity contribution is 0.0674. The summed E-state index contributed by atoms with van der Waals surface area (Å²) in [6.45, 7) is 4.76. The van der Waals surface area contributed by atoms with Gasteiger partial charge in [-0.3, -0.25) is 4.79 Å². The van der Waals surface area contributed by atoms with E-state index < -0.39 is 0 Å². The van der Waals surface area contributed by atoms with Crippen LogP contribution in [0.15, 0.2) is 42.5 Å². The number of nitrogens with zero attached hydrogens (tertiary/aromatic N) is 1. The Morgan fingerprint density at radius 1 is 1.11 bits per heavy atom. The summed E-state index contributed by atoms with van der Waals surface area (Å²) in [5.74, 6) is -0.237. The second kappa shape index (κ2) is 7.18. The predicted molar refractivity (Wildman–Crippen MR) is 106 cm³/mol. The van der Waals surface area contributed by atoms with Gasteiger partial charge in [0.25, 0.3) is 5.91 Å². The Morgan fingerprint density at radius 2 is 1.96 bits per heavy atom. The molecule has 27 heavy (non-hydrogen) atoms. The molecule has 0 aliphatic carbocycles. The Hall–Kier alpha value is -2.62. The Morgan fingerprint density at radius 3 is 2.78 bits per heavy atom. The van der Waals surface area contributed by atoms with Crippen LogP contribution < -0.4 is 0 Å². The molecule has 1 saturated heterocycles. The number of aryl methyl sites for hydroxylation is 2. The summed E-state index contributed by atoms with van der Waals surface area (Å²) in [6, 6.07) is 12.8. The van der Waals surface area contributed by atoms with Crippen LogP contribution in [0, 0.1) is 19.7 Å². The predicted octanol–water partition coefficient (Wildman–Crippen LogP) is 5.68. The Balaban J connectivity index is 1.74. The van der Waals surface area contributed by atoms with Crippen LogP contribution in [0.4, 0.5) is 4.39 Å². The van der Waals surface area contributed by atoms with Crippen molar-refractivity contribution in [1.82, 2.24) is 9.88 Å². The lowest BCUT2D eigenvalue weighted by Gasteiger charge is -2.30. The summed E-state index contributed by atoms with van der Waals surface area (Å²) < 4.78 is 13.8. The van der Waals surface area contributed by atoms with Crippen LogP contribution in [0.3, 0.4) is 0 Å². The number of carbonyl (C=O) groups is 1. The highest BCUT2D eigenvalue weighted by Crippen LogP contribution is 2.33. The first kappa shape index (κ1) is 17.8. The van der Waals surface area contributed by atoms with Crippen molar-refractivity contribution in [3.05, 3.63) is 70.7 Å². The summed E-state index contributed by atoms with van der Waals surface area (Å²) in [5.41, 5.74) is 4.68. The Kier molecular flexibility index (Phi) is 4.73. The number of benzene rings is 2. The van der Waals surface area contributed by atoms with Crippen molar-refractivity contribution < 1.29 is 9.18 Å². The largest absolute Gasteiger partial charge is 0.350 e. The van der Waals surface area contributed by atoms with Gasteiger partial charge in [-0.25, -0.2) is 4.39 Å². The summed E-state index contributed by atoms with van der Waals surface area (Å²) in [6.07, 6.45) is 4.00. The fourth-order valence-electron chi connectivity index (χ4n) is 4.21. The van der Waals surface area contributed by atoms with Crippen molar-refractivity contribution in [1.29, 1.82) is 0 Å². The summed E-state index contributed by atoms with van der Waals surface area (Å²) in [4.78, 5) is 18.8. The maximum atomic E-state index is 13.8. The van der Waals surface area contributed by atoms with Crippen molar-refractivity contribution in [2.75, 3.05) is 6.54 Å².